The highest BCUT2D eigenvalue weighted by molar-refractivity contribution is 5.86. The molecule has 0 fully saturated rings. The lowest BCUT2D eigenvalue weighted by atomic mass is 9.99. The van der Waals surface area contributed by atoms with Crippen molar-refractivity contribution in [1.82, 2.24) is 10.3 Å². The van der Waals surface area contributed by atoms with Gasteiger partial charge in [-0.2, -0.15) is 0 Å². The Morgan fingerprint density at radius 3 is 2.94 bits per heavy atom. The van der Waals surface area contributed by atoms with Crippen molar-refractivity contribution in [2.24, 2.45) is 0 Å². The molecule has 4 nitrogen and oxygen atoms in total. The normalized spacial score (nSPS) is 17.9. The van der Waals surface area contributed by atoms with Gasteiger partial charge in [-0.25, -0.2) is 0 Å². The monoisotopic (exact) mass is 266 g/mol. The van der Waals surface area contributed by atoms with Gasteiger partial charge < -0.3 is 9.72 Å². The maximum absolute atomic E-state index is 11.5. The molecule has 1 aliphatic heterocycles. The first-order valence-corrected chi connectivity index (χ1v) is 5.69. The Morgan fingerprint density at radius 1 is 1.39 bits per heavy atom. The lowest BCUT2D eigenvalue weighted by molar-refractivity contribution is -0.143. The summed E-state index contributed by atoms with van der Waals surface area (Å²) in [6.45, 7) is 0.684. The summed E-state index contributed by atoms with van der Waals surface area (Å²) in [7, 11) is 1.43. The van der Waals surface area contributed by atoms with E-state index in [1.165, 1.54) is 23.8 Å². The number of ether oxygens (including phenoxy) is 1. The van der Waals surface area contributed by atoms with Crippen molar-refractivity contribution in [3.05, 3.63) is 35.5 Å². The van der Waals surface area contributed by atoms with Gasteiger partial charge in [-0.05, 0) is 11.6 Å². The van der Waals surface area contributed by atoms with Gasteiger partial charge in [-0.1, -0.05) is 18.2 Å². The van der Waals surface area contributed by atoms with Crippen molar-refractivity contribution in [3.8, 4) is 0 Å². The van der Waals surface area contributed by atoms with Crippen LogP contribution in [0.2, 0.25) is 0 Å². The Morgan fingerprint density at radius 2 is 2.17 bits per heavy atom. The van der Waals surface area contributed by atoms with Gasteiger partial charge in [0.1, 0.15) is 6.04 Å². The van der Waals surface area contributed by atoms with E-state index in [9.17, 15) is 4.79 Å². The third-order valence-electron chi connectivity index (χ3n) is 3.32. The molecule has 18 heavy (non-hydrogen) atoms. The van der Waals surface area contributed by atoms with E-state index in [0.717, 1.165) is 5.52 Å². The molecular formula is C13H15ClN2O2. The van der Waals surface area contributed by atoms with Gasteiger partial charge in [0, 0.05) is 29.6 Å². The fourth-order valence-electron chi connectivity index (χ4n) is 2.45. The molecule has 2 heterocycles. The van der Waals surface area contributed by atoms with Gasteiger partial charge in [0.2, 0.25) is 0 Å². The van der Waals surface area contributed by atoms with Crippen LogP contribution in [0.3, 0.4) is 0 Å². The maximum atomic E-state index is 11.5. The van der Waals surface area contributed by atoms with Crippen LogP contribution in [0, 0.1) is 0 Å². The summed E-state index contributed by atoms with van der Waals surface area (Å²) in [6.07, 6.45) is 0.687. The largest absolute Gasteiger partial charge is 0.468 e. The molecule has 0 bridgehead atoms. The van der Waals surface area contributed by atoms with E-state index in [0.29, 0.717) is 13.0 Å². The van der Waals surface area contributed by atoms with Crippen LogP contribution >= 0.6 is 12.4 Å². The second kappa shape index (κ2) is 5.00. The number of nitrogens with one attached hydrogen (secondary N) is 2. The number of benzene rings is 1. The number of methoxy groups -OCH3 is 1. The number of H-pyrrole nitrogens is 1. The highest BCUT2D eigenvalue weighted by Gasteiger charge is 2.27. The zero-order valence-corrected chi connectivity index (χ0v) is 10.8. The third-order valence-corrected chi connectivity index (χ3v) is 3.32. The van der Waals surface area contributed by atoms with Crippen LogP contribution in [0.1, 0.15) is 11.3 Å². The minimum Gasteiger partial charge on any atom is -0.468 e. The second-order valence-corrected chi connectivity index (χ2v) is 4.29. The van der Waals surface area contributed by atoms with Crippen molar-refractivity contribution in [1.29, 1.82) is 0 Å². The van der Waals surface area contributed by atoms with Crippen LogP contribution in [0.5, 0.6) is 0 Å². The summed E-state index contributed by atoms with van der Waals surface area (Å²) in [4.78, 5) is 14.9. The molecule has 0 unspecified atom stereocenters. The SMILES string of the molecule is COC(=O)[C@@H]1Cc2c([nH]c3ccccc23)CN1.Cl. The van der Waals surface area contributed by atoms with Gasteiger partial charge >= 0.3 is 5.97 Å². The van der Waals surface area contributed by atoms with Gasteiger partial charge in [-0.3, -0.25) is 10.1 Å². The molecule has 1 aromatic carbocycles. The van der Waals surface area contributed by atoms with E-state index < -0.39 is 0 Å². The zero-order chi connectivity index (χ0) is 11.8. The number of carbonyl (C=O) groups is 1. The Balaban J connectivity index is 0.00000120. The molecule has 1 aliphatic rings. The molecule has 0 aliphatic carbocycles. The molecule has 2 aromatic rings. The summed E-state index contributed by atoms with van der Waals surface area (Å²) in [5.74, 6) is -0.194. The number of esters is 1. The van der Waals surface area contributed by atoms with Gasteiger partial charge in [0.15, 0.2) is 0 Å². The molecule has 2 N–H and O–H groups in total. The van der Waals surface area contributed by atoms with E-state index in [1.54, 1.807) is 0 Å². The Hall–Kier alpha value is -1.52. The molecule has 0 radical (unpaired) electrons. The summed E-state index contributed by atoms with van der Waals surface area (Å²) < 4.78 is 4.78. The average molecular weight is 267 g/mol. The van der Waals surface area contributed by atoms with Gasteiger partial charge in [0.25, 0.3) is 0 Å². The lowest BCUT2D eigenvalue weighted by Crippen LogP contribution is -2.42. The van der Waals surface area contributed by atoms with Crippen molar-refractivity contribution in [3.63, 3.8) is 0 Å². The van der Waals surface area contributed by atoms with Crippen LogP contribution in [-0.4, -0.2) is 24.1 Å². The number of carbonyl (C=O) groups excluding carboxylic acids is 1. The van der Waals surface area contributed by atoms with Gasteiger partial charge in [-0.15, -0.1) is 12.4 Å². The van der Waals surface area contributed by atoms with E-state index in [4.69, 9.17) is 4.74 Å². The smallest absolute Gasteiger partial charge is 0.323 e. The van der Waals surface area contributed by atoms with Crippen LogP contribution in [0.25, 0.3) is 10.9 Å². The van der Waals surface area contributed by atoms with E-state index in [1.807, 2.05) is 12.1 Å². The molecule has 0 saturated carbocycles. The first kappa shape index (κ1) is 12.9. The number of halogens is 1. The summed E-state index contributed by atoms with van der Waals surface area (Å²) in [6, 6.07) is 7.94. The van der Waals surface area contributed by atoms with E-state index >= 15 is 0 Å². The topological polar surface area (TPSA) is 54.1 Å². The number of aromatic amines is 1. The van der Waals surface area contributed by atoms with Crippen molar-refractivity contribution in [2.45, 2.75) is 19.0 Å². The standard InChI is InChI=1S/C13H14N2O2.ClH/c1-17-13(16)11-6-9-8-4-2-3-5-10(8)15-12(9)7-14-11;/h2-5,11,14-15H,6-7H2,1H3;1H/t11-;/m0./s1. The molecule has 3 rings (SSSR count). The minimum atomic E-state index is -0.230. The summed E-state index contributed by atoms with van der Waals surface area (Å²) in [5.41, 5.74) is 3.53. The summed E-state index contributed by atoms with van der Waals surface area (Å²) >= 11 is 0. The third kappa shape index (κ3) is 1.98. The van der Waals surface area contributed by atoms with Crippen molar-refractivity contribution >= 4 is 29.3 Å². The molecular weight excluding hydrogens is 252 g/mol. The fraction of sp³-hybridized carbons (Fsp3) is 0.308. The van der Waals surface area contributed by atoms with Crippen LogP contribution in [-0.2, 0) is 22.5 Å². The predicted molar refractivity (Wildman–Crippen MR) is 71.9 cm³/mol. The number of fused-ring (bicyclic) bond motifs is 3. The average Bonchev–Trinajstić information content (AvgIpc) is 2.75. The van der Waals surface area contributed by atoms with E-state index in [2.05, 4.69) is 22.4 Å². The zero-order valence-electron chi connectivity index (χ0n) is 10.0. The van der Waals surface area contributed by atoms with Crippen LogP contribution in [0.4, 0.5) is 0 Å². The van der Waals surface area contributed by atoms with Gasteiger partial charge in [0.05, 0.1) is 7.11 Å². The predicted octanol–water partition coefficient (Wildman–Crippen LogP) is 1.78. The molecule has 0 amide bonds. The Kier molecular flexibility index (Phi) is 3.59. The number of hydrogen-bond donors (Lipinski definition) is 2. The Bertz CT molecular complexity index is 579. The highest BCUT2D eigenvalue weighted by atomic mass is 35.5. The maximum Gasteiger partial charge on any atom is 0.323 e. The Labute approximate surface area is 111 Å². The summed E-state index contributed by atoms with van der Waals surface area (Å²) in [5, 5.41) is 4.39. The van der Waals surface area contributed by atoms with Crippen molar-refractivity contribution in [2.75, 3.05) is 7.11 Å². The lowest BCUT2D eigenvalue weighted by Gasteiger charge is -2.21. The van der Waals surface area contributed by atoms with Crippen LogP contribution < -0.4 is 5.32 Å². The fourth-order valence-corrected chi connectivity index (χ4v) is 2.45. The molecule has 5 heteroatoms. The number of hydrogen-bond acceptors (Lipinski definition) is 3. The van der Waals surface area contributed by atoms with Crippen LogP contribution in [0.15, 0.2) is 24.3 Å². The molecule has 1 atom stereocenters. The van der Waals surface area contributed by atoms with E-state index in [-0.39, 0.29) is 24.4 Å². The molecule has 96 valence electrons. The number of rotatable bonds is 1. The quantitative estimate of drug-likeness (QED) is 0.774. The van der Waals surface area contributed by atoms with Crippen molar-refractivity contribution < 1.29 is 9.53 Å². The molecule has 0 saturated heterocycles. The first-order valence-electron chi connectivity index (χ1n) is 5.69. The second-order valence-electron chi connectivity index (χ2n) is 4.29. The number of para-hydroxylation sites is 1. The molecule has 0 spiro atoms. The highest BCUT2D eigenvalue weighted by Crippen LogP contribution is 2.26. The number of aromatic nitrogens is 1. The minimum absolute atomic E-state index is 0. The first-order chi connectivity index (χ1) is 8.29. The molecule has 1 aromatic heterocycles.